The highest BCUT2D eigenvalue weighted by molar-refractivity contribution is 7.79. The van der Waals surface area contributed by atoms with E-state index in [1.807, 2.05) is 0 Å². The van der Waals surface area contributed by atoms with Crippen molar-refractivity contribution in [1.82, 2.24) is 0 Å². The van der Waals surface area contributed by atoms with Crippen molar-refractivity contribution in [2.45, 2.75) is 79.1 Å². The number of hydroxylamine groups is 3. The molecular weight excluding hydrogens is 318 g/mol. The molecule has 7 heteroatoms. The van der Waals surface area contributed by atoms with Gasteiger partial charge in [-0.15, -0.1) is 0 Å². The molecule has 0 aliphatic rings. The van der Waals surface area contributed by atoms with Gasteiger partial charge < -0.3 is 0 Å². The van der Waals surface area contributed by atoms with E-state index in [-0.39, 0.29) is 0 Å². The maximum absolute atomic E-state index is 8.74. The van der Waals surface area contributed by atoms with Gasteiger partial charge in [-0.25, -0.2) is 4.84 Å². The minimum absolute atomic E-state index is 0.926. The molecule has 0 saturated carbocycles. The van der Waals surface area contributed by atoms with Crippen molar-refractivity contribution < 1.29 is 27.0 Å². The van der Waals surface area contributed by atoms with Crippen molar-refractivity contribution >= 4 is 10.4 Å². The van der Waals surface area contributed by atoms with E-state index in [0.717, 1.165) is 11.3 Å². The van der Waals surface area contributed by atoms with E-state index < -0.39 is 10.4 Å². The summed E-state index contributed by atoms with van der Waals surface area (Å²) in [6.45, 7) is 13.6. The van der Waals surface area contributed by atoms with Crippen molar-refractivity contribution in [3.8, 4) is 0 Å². The molecule has 0 atom stereocenters. The Balaban J connectivity index is 0. The summed E-state index contributed by atoms with van der Waals surface area (Å²) < 4.78 is 32.5. The Labute approximate surface area is 143 Å². The summed E-state index contributed by atoms with van der Waals surface area (Å²) in [5, 5.41) is 0. The van der Waals surface area contributed by atoms with Crippen LogP contribution in [0.25, 0.3) is 0 Å². The topological polar surface area (TPSA) is 83.8 Å². The highest BCUT2D eigenvalue weighted by Crippen LogP contribution is 2.16. The molecule has 0 amide bonds. The van der Waals surface area contributed by atoms with E-state index in [4.69, 9.17) is 22.4 Å². The summed E-state index contributed by atoms with van der Waals surface area (Å²) in [5.41, 5.74) is 0. The maximum atomic E-state index is 8.74. The average Bonchev–Trinajstić information content (AvgIpc) is 2.47. The summed E-state index contributed by atoms with van der Waals surface area (Å²) >= 11 is 0. The second-order valence-corrected chi connectivity index (χ2v) is 6.82. The zero-order valence-electron chi connectivity index (χ0n) is 15.5. The molecule has 0 unspecified atom stereocenters. The van der Waals surface area contributed by atoms with Crippen molar-refractivity contribution in [1.29, 1.82) is 0 Å². The monoisotopic (exact) mass is 356 g/mol. The Bertz CT molecular complexity index is 317. The molecule has 0 fully saturated rings. The van der Waals surface area contributed by atoms with E-state index in [9.17, 15) is 0 Å². The number of hydrogen-bond acceptors (Lipinski definition) is 3. The lowest BCUT2D eigenvalue weighted by Crippen LogP contribution is -2.50. The number of nitrogens with zero attached hydrogens (tertiary/aromatic N) is 1. The van der Waals surface area contributed by atoms with Crippen LogP contribution in [0.5, 0.6) is 0 Å². The summed E-state index contributed by atoms with van der Waals surface area (Å²) in [4.78, 5) is 6.31. The maximum Gasteiger partial charge on any atom is 0.394 e. The number of unbranched alkanes of at least 4 members (excludes halogenated alkanes) is 4. The Kier molecular flexibility index (Phi) is 16.7. The van der Waals surface area contributed by atoms with Crippen LogP contribution < -0.4 is 0 Å². The summed E-state index contributed by atoms with van der Waals surface area (Å²) in [7, 11) is -4.67. The average molecular weight is 357 g/mol. The number of quaternary nitrogens is 1. The molecule has 0 aliphatic carbocycles. The fraction of sp³-hybridized carbons (Fsp3) is 1.00. The summed E-state index contributed by atoms with van der Waals surface area (Å²) in [5.74, 6) is 0. The van der Waals surface area contributed by atoms with Gasteiger partial charge in [-0.3, -0.25) is 9.11 Å². The van der Waals surface area contributed by atoms with Crippen molar-refractivity contribution in [3.63, 3.8) is 0 Å². The second-order valence-electron chi connectivity index (χ2n) is 5.92. The fourth-order valence-corrected chi connectivity index (χ4v) is 2.27. The highest BCUT2D eigenvalue weighted by Gasteiger charge is 2.27. The molecule has 0 rings (SSSR count). The Morgan fingerprint density at radius 3 is 1.30 bits per heavy atom. The van der Waals surface area contributed by atoms with E-state index in [1.54, 1.807) is 0 Å². The van der Waals surface area contributed by atoms with Gasteiger partial charge in [0.05, 0.1) is 0 Å². The van der Waals surface area contributed by atoms with Gasteiger partial charge in [0.1, 0.15) is 26.2 Å². The van der Waals surface area contributed by atoms with Crippen LogP contribution in [0.3, 0.4) is 0 Å². The Hall–Kier alpha value is -0.210. The van der Waals surface area contributed by atoms with Gasteiger partial charge in [0.2, 0.25) is 0 Å². The molecule has 23 heavy (non-hydrogen) atoms. The van der Waals surface area contributed by atoms with Gasteiger partial charge in [-0.05, 0) is 25.7 Å². The van der Waals surface area contributed by atoms with E-state index in [0.29, 0.717) is 0 Å². The third kappa shape index (κ3) is 19.7. The van der Waals surface area contributed by atoms with Crippen LogP contribution in [-0.2, 0) is 15.2 Å². The van der Waals surface area contributed by atoms with E-state index in [1.165, 1.54) is 71.0 Å². The quantitative estimate of drug-likeness (QED) is 0.223. The molecule has 0 aliphatic heterocycles. The molecule has 0 aromatic heterocycles. The lowest BCUT2D eigenvalue weighted by molar-refractivity contribution is -1.11. The van der Waals surface area contributed by atoms with Crippen LogP contribution in [0.4, 0.5) is 0 Å². The molecular formula is C16H38NO5S+. The SMILES string of the molecule is CCCCO[N+](CCCC)(CCCC)CCCC.O=S(=O)(O)O. The molecule has 0 heterocycles. The van der Waals surface area contributed by atoms with Crippen LogP contribution in [0.2, 0.25) is 0 Å². The van der Waals surface area contributed by atoms with Crippen molar-refractivity contribution in [3.05, 3.63) is 0 Å². The third-order valence-corrected chi connectivity index (χ3v) is 3.62. The van der Waals surface area contributed by atoms with E-state index in [2.05, 4.69) is 27.7 Å². The molecule has 0 saturated heterocycles. The van der Waals surface area contributed by atoms with Crippen LogP contribution in [0.1, 0.15) is 79.1 Å². The zero-order chi connectivity index (χ0) is 18.2. The van der Waals surface area contributed by atoms with Gasteiger partial charge in [-0.2, -0.15) is 13.1 Å². The summed E-state index contributed by atoms with van der Waals surface area (Å²) in [6.07, 6.45) is 10.1. The fourth-order valence-electron chi connectivity index (χ4n) is 2.27. The first-order valence-electron chi connectivity index (χ1n) is 8.95. The highest BCUT2D eigenvalue weighted by atomic mass is 32.3. The van der Waals surface area contributed by atoms with Gasteiger partial charge in [0.25, 0.3) is 0 Å². The van der Waals surface area contributed by atoms with Crippen molar-refractivity contribution in [2.75, 3.05) is 26.2 Å². The minimum atomic E-state index is -4.67. The first-order chi connectivity index (χ1) is 10.7. The molecule has 142 valence electrons. The normalized spacial score (nSPS) is 11.9. The molecule has 0 bridgehead atoms. The first kappa shape index (κ1) is 25.0. The largest absolute Gasteiger partial charge is 0.394 e. The lowest BCUT2D eigenvalue weighted by Gasteiger charge is -2.36. The predicted octanol–water partition coefficient (Wildman–Crippen LogP) is 4.28. The molecule has 0 radical (unpaired) electrons. The Morgan fingerprint density at radius 1 is 0.739 bits per heavy atom. The summed E-state index contributed by atoms with van der Waals surface area (Å²) in [6, 6.07) is 0. The Morgan fingerprint density at radius 2 is 1.04 bits per heavy atom. The molecule has 0 spiro atoms. The van der Waals surface area contributed by atoms with Gasteiger partial charge in [0.15, 0.2) is 0 Å². The van der Waals surface area contributed by atoms with Crippen molar-refractivity contribution in [2.24, 2.45) is 0 Å². The third-order valence-electron chi connectivity index (χ3n) is 3.62. The van der Waals surface area contributed by atoms with Crippen LogP contribution >= 0.6 is 0 Å². The van der Waals surface area contributed by atoms with Crippen LogP contribution in [0.15, 0.2) is 0 Å². The molecule has 6 nitrogen and oxygen atoms in total. The smallest absolute Gasteiger partial charge is 0.264 e. The van der Waals surface area contributed by atoms with Crippen LogP contribution in [-0.4, -0.2) is 48.4 Å². The molecule has 0 aromatic carbocycles. The van der Waals surface area contributed by atoms with Crippen LogP contribution in [0, 0.1) is 0 Å². The number of rotatable bonds is 13. The minimum Gasteiger partial charge on any atom is -0.264 e. The second kappa shape index (κ2) is 15.3. The standard InChI is InChI=1S/C16H36NO.H2O4S/c1-5-9-13-17(14-10-6-2,15-11-7-3)18-16-12-8-4;1-5(2,3)4/h5-16H2,1-4H3;(H2,1,2,3,4)/q+1;. The first-order valence-corrected chi connectivity index (χ1v) is 10.3. The lowest BCUT2D eigenvalue weighted by atomic mass is 10.2. The van der Waals surface area contributed by atoms with Gasteiger partial charge in [0, 0.05) is 0 Å². The van der Waals surface area contributed by atoms with Gasteiger partial charge in [-0.1, -0.05) is 53.4 Å². The number of hydrogen-bond donors (Lipinski definition) is 2. The molecule has 2 N–H and O–H groups in total. The zero-order valence-corrected chi connectivity index (χ0v) is 16.3. The van der Waals surface area contributed by atoms with E-state index >= 15 is 0 Å². The van der Waals surface area contributed by atoms with Gasteiger partial charge >= 0.3 is 10.4 Å². The predicted molar refractivity (Wildman–Crippen MR) is 94.6 cm³/mol. The molecule has 0 aromatic rings.